The molecule has 1 aromatic heterocycles. The molecule has 0 unspecified atom stereocenters. The van der Waals surface area contributed by atoms with E-state index in [4.69, 9.17) is 0 Å². The number of carbonyl (C=O) groups is 1. The van der Waals surface area contributed by atoms with Gasteiger partial charge in [-0.15, -0.1) is 0 Å². The molecular formula is C20H27N3O. The van der Waals surface area contributed by atoms with Crippen LogP contribution in [0.2, 0.25) is 0 Å². The number of nitrogens with zero attached hydrogens (tertiary/aromatic N) is 3. The Balaban J connectivity index is 2.28. The molecular weight excluding hydrogens is 298 g/mol. The zero-order valence-electron chi connectivity index (χ0n) is 14.9. The summed E-state index contributed by atoms with van der Waals surface area (Å²) >= 11 is 0. The van der Waals surface area contributed by atoms with Crippen molar-refractivity contribution in [3.63, 3.8) is 0 Å². The molecule has 0 radical (unpaired) electrons. The van der Waals surface area contributed by atoms with Crippen molar-refractivity contribution in [3.05, 3.63) is 54.2 Å². The van der Waals surface area contributed by atoms with Crippen molar-refractivity contribution >= 4 is 17.4 Å². The van der Waals surface area contributed by atoms with Gasteiger partial charge in [-0.05, 0) is 44.0 Å². The third kappa shape index (κ3) is 4.34. The molecule has 1 aromatic carbocycles. The molecule has 4 heteroatoms. The van der Waals surface area contributed by atoms with Crippen LogP contribution in [0.1, 0.15) is 44.0 Å². The van der Waals surface area contributed by atoms with Crippen LogP contribution in [0.5, 0.6) is 0 Å². The smallest absolute Gasteiger partial charge is 0.254 e. The number of aromatic nitrogens is 1. The van der Waals surface area contributed by atoms with Crippen LogP contribution in [0.3, 0.4) is 0 Å². The molecule has 0 aliphatic carbocycles. The molecule has 0 saturated heterocycles. The summed E-state index contributed by atoms with van der Waals surface area (Å²) in [6.07, 6.45) is 3.66. The van der Waals surface area contributed by atoms with Gasteiger partial charge in [0.15, 0.2) is 0 Å². The SMILES string of the molecule is CCCN(CCC)C(=O)c1ccnc(N(CC)c2ccccc2)c1. The molecule has 1 amide bonds. The van der Waals surface area contributed by atoms with Crippen LogP contribution in [-0.4, -0.2) is 35.4 Å². The lowest BCUT2D eigenvalue weighted by Gasteiger charge is -2.24. The first-order chi connectivity index (χ1) is 11.7. The average molecular weight is 325 g/mol. The van der Waals surface area contributed by atoms with Crippen molar-refractivity contribution in [3.8, 4) is 0 Å². The van der Waals surface area contributed by atoms with Gasteiger partial charge in [0, 0.05) is 37.1 Å². The second-order valence-corrected chi connectivity index (χ2v) is 5.77. The molecule has 0 spiro atoms. The number of carbonyl (C=O) groups excluding carboxylic acids is 1. The molecule has 0 aliphatic rings. The first-order valence-electron chi connectivity index (χ1n) is 8.79. The Labute approximate surface area is 145 Å². The van der Waals surface area contributed by atoms with Crippen molar-refractivity contribution in [1.82, 2.24) is 9.88 Å². The van der Waals surface area contributed by atoms with Crippen molar-refractivity contribution in [2.75, 3.05) is 24.5 Å². The van der Waals surface area contributed by atoms with Crippen LogP contribution < -0.4 is 4.90 Å². The van der Waals surface area contributed by atoms with Gasteiger partial charge in [-0.1, -0.05) is 32.0 Å². The second-order valence-electron chi connectivity index (χ2n) is 5.77. The predicted molar refractivity (Wildman–Crippen MR) is 99.8 cm³/mol. The van der Waals surface area contributed by atoms with Crippen molar-refractivity contribution in [2.45, 2.75) is 33.6 Å². The minimum absolute atomic E-state index is 0.0893. The highest BCUT2D eigenvalue weighted by Gasteiger charge is 2.16. The topological polar surface area (TPSA) is 36.4 Å². The Hall–Kier alpha value is -2.36. The van der Waals surface area contributed by atoms with Gasteiger partial charge < -0.3 is 9.80 Å². The van der Waals surface area contributed by atoms with Crippen LogP contribution >= 0.6 is 0 Å². The maximum atomic E-state index is 12.8. The molecule has 0 N–H and O–H groups in total. The van der Waals surface area contributed by atoms with E-state index in [2.05, 4.69) is 42.8 Å². The van der Waals surface area contributed by atoms with Crippen LogP contribution in [0.4, 0.5) is 11.5 Å². The first kappa shape index (κ1) is 18.0. The summed E-state index contributed by atoms with van der Waals surface area (Å²) in [6, 6.07) is 13.8. The second kappa shape index (κ2) is 9.06. The number of para-hydroxylation sites is 1. The highest BCUT2D eigenvalue weighted by atomic mass is 16.2. The van der Waals surface area contributed by atoms with Gasteiger partial charge in [-0.3, -0.25) is 4.79 Å². The fourth-order valence-corrected chi connectivity index (χ4v) is 2.82. The highest BCUT2D eigenvalue weighted by molar-refractivity contribution is 5.95. The van der Waals surface area contributed by atoms with Gasteiger partial charge in [0.1, 0.15) is 5.82 Å². The lowest BCUT2D eigenvalue weighted by Crippen LogP contribution is -2.32. The summed E-state index contributed by atoms with van der Waals surface area (Å²) in [7, 11) is 0. The number of pyridine rings is 1. The van der Waals surface area contributed by atoms with Crippen molar-refractivity contribution in [2.24, 2.45) is 0 Å². The van der Waals surface area contributed by atoms with E-state index in [1.54, 1.807) is 6.20 Å². The number of benzene rings is 1. The Kier molecular flexibility index (Phi) is 6.79. The summed E-state index contributed by atoms with van der Waals surface area (Å²) in [6.45, 7) is 8.66. The van der Waals surface area contributed by atoms with Crippen LogP contribution in [-0.2, 0) is 0 Å². The van der Waals surface area contributed by atoms with Crippen molar-refractivity contribution in [1.29, 1.82) is 0 Å². The molecule has 0 bridgehead atoms. The van der Waals surface area contributed by atoms with E-state index in [1.165, 1.54) is 0 Å². The first-order valence-corrected chi connectivity index (χ1v) is 8.79. The molecule has 0 aliphatic heterocycles. The van der Waals surface area contributed by atoms with Gasteiger partial charge >= 0.3 is 0 Å². The van der Waals surface area contributed by atoms with Gasteiger partial charge in [0.05, 0.1) is 0 Å². The summed E-state index contributed by atoms with van der Waals surface area (Å²) < 4.78 is 0. The van der Waals surface area contributed by atoms with E-state index in [0.717, 1.165) is 44.0 Å². The zero-order valence-corrected chi connectivity index (χ0v) is 14.9. The maximum Gasteiger partial charge on any atom is 0.254 e. The monoisotopic (exact) mass is 325 g/mol. The Bertz CT molecular complexity index is 636. The molecule has 1 heterocycles. The standard InChI is InChI=1S/C20H27N3O/c1-4-14-22(15-5-2)20(24)17-12-13-21-19(16-17)23(6-3)18-10-8-7-9-11-18/h7-13,16H,4-6,14-15H2,1-3H3. The minimum atomic E-state index is 0.0893. The van der Waals surface area contributed by atoms with E-state index in [0.29, 0.717) is 5.56 Å². The highest BCUT2D eigenvalue weighted by Crippen LogP contribution is 2.23. The Morgan fingerprint density at radius 1 is 1.00 bits per heavy atom. The number of anilines is 2. The molecule has 2 aromatic rings. The third-order valence-corrected chi connectivity index (χ3v) is 3.93. The quantitative estimate of drug-likeness (QED) is 0.717. The fraction of sp³-hybridized carbons (Fsp3) is 0.400. The van der Waals surface area contributed by atoms with Crippen LogP contribution in [0.15, 0.2) is 48.7 Å². The largest absolute Gasteiger partial charge is 0.339 e. The Morgan fingerprint density at radius 3 is 2.25 bits per heavy atom. The number of rotatable bonds is 8. The summed E-state index contributed by atoms with van der Waals surface area (Å²) in [5.74, 6) is 0.897. The van der Waals surface area contributed by atoms with E-state index in [1.807, 2.05) is 35.2 Å². The minimum Gasteiger partial charge on any atom is -0.339 e. The van der Waals surface area contributed by atoms with Gasteiger partial charge in [0.2, 0.25) is 0 Å². The molecule has 0 atom stereocenters. The van der Waals surface area contributed by atoms with Gasteiger partial charge in [-0.25, -0.2) is 4.98 Å². The number of hydrogen-bond donors (Lipinski definition) is 0. The Morgan fingerprint density at radius 2 is 1.67 bits per heavy atom. The molecule has 128 valence electrons. The third-order valence-electron chi connectivity index (χ3n) is 3.93. The molecule has 2 rings (SSSR count). The maximum absolute atomic E-state index is 12.8. The van der Waals surface area contributed by atoms with E-state index in [-0.39, 0.29) is 5.91 Å². The predicted octanol–water partition coefficient (Wildman–Crippen LogP) is 4.50. The fourth-order valence-electron chi connectivity index (χ4n) is 2.82. The zero-order chi connectivity index (χ0) is 17.4. The summed E-state index contributed by atoms with van der Waals surface area (Å²) in [5.41, 5.74) is 1.78. The van der Waals surface area contributed by atoms with E-state index >= 15 is 0 Å². The normalized spacial score (nSPS) is 10.5. The summed E-state index contributed by atoms with van der Waals surface area (Å²) in [4.78, 5) is 21.3. The summed E-state index contributed by atoms with van der Waals surface area (Å²) in [5, 5.41) is 0. The number of hydrogen-bond acceptors (Lipinski definition) is 3. The lowest BCUT2D eigenvalue weighted by atomic mass is 10.2. The average Bonchev–Trinajstić information content (AvgIpc) is 2.63. The molecule has 4 nitrogen and oxygen atoms in total. The number of amides is 1. The van der Waals surface area contributed by atoms with Crippen molar-refractivity contribution < 1.29 is 4.79 Å². The molecule has 0 saturated carbocycles. The van der Waals surface area contributed by atoms with Gasteiger partial charge in [-0.2, -0.15) is 0 Å². The van der Waals surface area contributed by atoms with E-state index in [9.17, 15) is 4.79 Å². The lowest BCUT2D eigenvalue weighted by molar-refractivity contribution is 0.0755. The molecule has 0 fully saturated rings. The van der Waals surface area contributed by atoms with Crippen LogP contribution in [0, 0.1) is 0 Å². The van der Waals surface area contributed by atoms with Crippen LogP contribution in [0.25, 0.3) is 0 Å². The molecule has 24 heavy (non-hydrogen) atoms. The van der Waals surface area contributed by atoms with Gasteiger partial charge in [0.25, 0.3) is 5.91 Å². The van der Waals surface area contributed by atoms with E-state index < -0.39 is 0 Å².